The molecule has 13 heteroatoms. The van der Waals surface area contributed by atoms with Gasteiger partial charge in [-0.05, 0) is 40.5 Å². The van der Waals surface area contributed by atoms with Crippen LogP contribution in [0.25, 0.3) is 0 Å². The first-order chi connectivity index (χ1) is 13.0. The van der Waals surface area contributed by atoms with Crippen LogP contribution in [-0.4, -0.2) is 43.2 Å². The zero-order chi connectivity index (χ0) is 24.8. The zero-order valence-corrected chi connectivity index (χ0v) is 17.2. The van der Waals surface area contributed by atoms with Gasteiger partial charge in [-0.15, -0.1) is 0 Å². The summed E-state index contributed by atoms with van der Waals surface area (Å²) in [6, 6.07) is 0. The highest BCUT2D eigenvalue weighted by Gasteiger charge is 2.57. The van der Waals surface area contributed by atoms with Gasteiger partial charge in [0.25, 0.3) is 0 Å². The first-order valence-electron chi connectivity index (χ1n) is 8.63. The minimum Gasteiger partial charge on any atom is -0.455 e. The Morgan fingerprint density at radius 3 is 1.50 bits per heavy atom. The molecule has 0 saturated heterocycles. The molecule has 0 aromatic carbocycles. The average Bonchev–Trinajstić information content (AvgIpc) is 2.56. The van der Waals surface area contributed by atoms with Crippen LogP contribution in [0.1, 0.15) is 54.4 Å². The molecule has 0 aliphatic heterocycles. The molecule has 30 heavy (non-hydrogen) atoms. The molecule has 0 amide bonds. The summed E-state index contributed by atoms with van der Waals surface area (Å²) < 4.78 is 116. The van der Waals surface area contributed by atoms with Gasteiger partial charge in [0.1, 0.15) is 0 Å². The molecule has 0 spiro atoms. The van der Waals surface area contributed by atoms with Gasteiger partial charge in [0, 0.05) is 0 Å². The minimum absolute atomic E-state index is 0.441. The second-order valence-corrected chi connectivity index (χ2v) is 7.20. The monoisotopic (exact) mass is 464 g/mol. The molecular weight excluding hydrogens is 439 g/mol. The van der Waals surface area contributed by atoms with Gasteiger partial charge in [-0.25, -0.2) is 0 Å². The molecule has 4 nitrogen and oxygen atoms in total. The third-order valence-corrected chi connectivity index (χ3v) is 4.33. The van der Waals surface area contributed by atoms with E-state index in [0.29, 0.717) is 13.3 Å². The van der Waals surface area contributed by atoms with Gasteiger partial charge in [0.15, 0.2) is 18.1 Å². The van der Waals surface area contributed by atoms with Crippen molar-refractivity contribution in [3.8, 4) is 0 Å². The Bertz CT molecular complexity index is 565. The molecule has 0 saturated carbocycles. The van der Waals surface area contributed by atoms with Crippen LogP contribution in [0.4, 0.5) is 39.5 Å². The van der Waals surface area contributed by atoms with Crippen molar-refractivity contribution in [3.63, 3.8) is 0 Å². The summed E-state index contributed by atoms with van der Waals surface area (Å²) in [6.45, 7) is 5.19. The third-order valence-electron chi connectivity index (χ3n) is 4.33. The fourth-order valence-corrected chi connectivity index (χ4v) is 1.30. The maximum Gasteiger partial charge on any atom is 0.425 e. The molecule has 2 unspecified atom stereocenters. The number of carbonyl (C=O) groups is 2. The Morgan fingerprint density at radius 1 is 0.800 bits per heavy atom. The first kappa shape index (κ1) is 30.5. The smallest absolute Gasteiger partial charge is 0.425 e. The fourth-order valence-electron chi connectivity index (χ4n) is 1.30. The van der Waals surface area contributed by atoms with Gasteiger partial charge in [0.05, 0.1) is 5.41 Å². The highest BCUT2D eigenvalue weighted by Crippen LogP contribution is 2.42. The van der Waals surface area contributed by atoms with Gasteiger partial charge in [-0.2, -0.15) is 39.5 Å². The van der Waals surface area contributed by atoms with E-state index >= 15 is 0 Å². The van der Waals surface area contributed by atoms with Crippen molar-refractivity contribution in [2.24, 2.45) is 10.8 Å². The summed E-state index contributed by atoms with van der Waals surface area (Å²) >= 11 is 0. The number of rotatable bonds is 6. The van der Waals surface area contributed by atoms with Crippen molar-refractivity contribution in [3.05, 3.63) is 0 Å². The summed E-state index contributed by atoms with van der Waals surface area (Å²) in [5.41, 5.74) is -3.77. The SMILES string of the molecule is CCC(C)(C(=O)OCC(F)(F)F)C(F)(F)F.CCC(C)(C)C(=O)OC(C)C(F)(F)F. The van der Waals surface area contributed by atoms with Gasteiger partial charge in [-0.3, -0.25) is 9.59 Å². The maximum absolute atomic E-state index is 12.4. The van der Waals surface area contributed by atoms with Crippen LogP contribution in [0.15, 0.2) is 0 Å². The van der Waals surface area contributed by atoms with E-state index in [2.05, 4.69) is 9.47 Å². The third kappa shape index (κ3) is 9.88. The lowest BCUT2D eigenvalue weighted by atomic mass is 9.87. The van der Waals surface area contributed by atoms with E-state index in [0.717, 1.165) is 13.8 Å². The summed E-state index contributed by atoms with van der Waals surface area (Å²) in [7, 11) is 0. The maximum atomic E-state index is 12.4. The molecule has 0 fully saturated rings. The van der Waals surface area contributed by atoms with E-state index in [1.54, 1.807) is 20.8 Å². The van der Waals surface area contributed by atoms with Gasteiger partial charge in [0.2, 0.25) is 0 Å². The second kappa shape index (κ2) is 10.6. The normalized spacial score (nSPS) is 16.0. The number of hydrogen-bond donors (Lipinski definition) is 0. The molecule has 0 aliphatic rings. The van der Waals surface area contributed by atoms with E-state index in [1.807, 2.05) is 0 Å². The van der Waals surface area contributed by atoms with Crippen molar-refractivity contribution in [1.82, 2.24) is 0 Å². The summed E-state index contributed by atoms with van der Waals surface area (Å²) in [4.78, 5) is 22.2. The van der Waals surface area contributed by atoms with E-state index in [9.17, 15) is 49.1 Å². The first-order valence-corrected chi connectivity index (χ1v) is 8.63. The Labute approximate surface area is 168 Å². The molecule has 0 N–H and O–H groups in total. The van der Waals surface area contributed by atoms with Crippen molar-refractivity contribution in [1.29, 1.82) is 0 Å². The molecule has 0 heterocycles. The lowest BCUT2D eigenvalue weighted by molar-refractivity contribution is -0.240. The minimum atomic E-state index is -4.94. The Hall–Kier alpha value is -1.69. The predicted molar refractivity (Wildman–Crippen MR) is 87.1 cm³/mol. The molecule has 2 atom stereocenters. The fraction of sp³-hybridized carbons (Fsp3) is 0.882. The van der Waals surface area contributed by atoms with Crippen molar-refractivity contribution in [2.45, 2.75) is 79.0 Å². The van der Waals surface area contributed by atoms with Crippen LogP contribution >= 0.6 is 0 Å². The summed E-state index contributed by atoms with van der Waals surface area (Å²) in [6.07, 6.45) is -16.6. The van der Waals surface area contributed by atoms with Crippen LogP contribution in [0.2, 0.25) is 0 Å². The molecule has 0 aromatic rings. The van der Waals surface area contributed by atoms with Crippen LogP contribution in [-0.2, 0) is 19.1 Å². The number of esters is 2. The average molecular weight is 464 g/mol. The number of alkyl halides is 9. The largest absolute Gasteiger partial charge is 0.455 e. The van der Waals surface area contributed by atoms with Crippen LogP contribution in [0.5, 0.6) is 0 Å². The molecular formula is C17H25F9O4. The number of hydrogen-bond acceptors (Lipinski definition) is 4. The Balaban J connectivity index is 0. The number of carbonyl (C=O) groups excluding carboxylic acids is 2. The van der Waals surface area contributed by atoms with Crippen LogP contribution < -0.4 is 0 Å². The molecule has 180 valence electrons. The number of ether oxygens (including phenoxy) is 2. The highest BCUT2D eigenvalue weighted by molar-refractivity contribution is 5.77. The van der Waals surface area contributed by atoms with Gasteiger partial charge in [-0.1, -0.05) is 13.8 Å². The molecule has 0 aliphatic carbocycles. The summed E-state index contributed by atoms with van der Waals surface area (Å²) in [5.74, 6) is -2.73. The molecule has 0 rings (SSSR count). The molecule has 0 bridgehead atoms. The van der Waals surface area contributed by atoms with Crippen LogP contribution in [0, 0.1) is 10.8 Å². The van der Waals surface area contributed by atoms with Gasteiger partial charge >= 0.3 is 30.5 Å². The number of halogens is 9. The van der Waals surface area contributed by atoms with Crippen molar-refractivity contribution >= 4 is 11.9 Å². The van der Waals surface area contributed by atoms with Crippen molar-refractivity contribution < 1.29 is 58.6 Å². The van der Waals surface area contributed by atoms with Crippen molar-refractivity contribution in [2.75, 3.05) is 6.61 Å². The second-order valence-electron chi connectivity index (χ2n) is 7.20. The Kier molecular flexibility index (Phi) is 10.7. The van der Waals surface area contributed by atoms with E-state index in [4.69, 9.17) is 0 Å². The van der Waals surface area contributed by atoms with Gasteiger partial charge < -0.3 is 9.47 Å². The molecule has 0 radical (unpaired) electrons. The van der Waals surface area contributed by atoms with E-state index < -0.39 is 60.4 Å². The van der Waals surface area contributed by atoms with E-state index in [1.165, 1.54) is 0 Å². The standard InChI is InChI=1S/C9H15F3O2.C8H10F6O2/c1-5-8(3,4)7(13)14-6(2)9(10,11)12;1-3-6(2,8(12,13)14)5(15)16-4-7(9,10)11/h6H,5H2,1-4H3;3-4H2,1-2H3. The predicted octanol–water partition coefficient (Wildman–Crippen LogP) is 5.99. The highest BCUT2D eigenvalue weighted by atomic mass is 19.4. The topological polar surface area (TPSA) is 52.6 Å². The summed E-state index contributed by atoms with van der Waals surface area (Å²) in [5, 5.41) is 0. The lowest BCUT2D eigenvalue weighted by Gasteiger charge is -2.28. The van der Waals surface area contributed by atoms with Crippen LogP contribution in [0.3, 0.4) is 0 Å². The Morgan fingerprint density at radius 2 is 1.23 bits per heavy atom. The molecule has 0 aromatic heterocycles. The lowest BCUT2D eigenvalue weighted by Crippen LogP contribution is -2.44. The zero-order valence-electron chi connectivity index (χ0n) is 17.2. The van der Waals surface area contributed by atoms with E-state index in [-0.39, 0.29) is 0 Å². The quantitative estimate of drug-likeness (QED) is 0.358.